The minimum Gasteiger partial charge on any atom is -0.387 e. The predicted molar refractivity (Wildman–Crippen MR) is 309 cm³/mol. The number of carbonyl (C=O) groups is 1. The summed E-state index contributed by atoms with van der Waals surface area (Å²) >= 11 is 0. The average Bonchev–Trinajstić information content (AvgIpc) is 3.33. The molecule has 0 aromatic rings. The largest absolute Gasteiger partial charge is 0.472 e. The van der Waals surface area contributed by atoms with Gasteiger partial charge in [0, 0.05) is 6.42 Å². The Hall–Kier alpha value is -1.28. The van der Waals surface area contributed by atoms with Crippen molar-refractivity contribution < 1.29 is 32.9 Å². The van der Waals surface area contributed by atoms with E-state index in [-0.39, 0.29) is 19.1 Å². The lowest BCUT2D eigenvalue weighted by molar-refractivity contribution is -0.870. The Morgan fingerprint density at radius 1 is 0.465 bits per heavy atom. The molecular weight excluding hydrogens is 900 g/mol. The minimum absolute atomic E-state index is 0.0572. The highest BCUT2D eigenvalue weighted by Crippen LogP contribution is 2.43. The fraction of sp³-hybridized carbons (Fsp3) is 0.887. The van der Waals surface area contributed by atoms with Gasteiger partial charge in [0.25, 0.3) is 0 Å². The Labute approximate surface area is 442 Å². The number of hydrogen-bond donors (Lipinski definition) is 3. The lowest BCUT2D eigenvalue weighted by Gasteiger charge is -2.25. The van der Waals surface area contributed by atoms with Gasteiger partial charge in [-0.05, 0) is 57.8 Å². The van der Waals surface area contributed by atoms with E-state index < -0.39 is 20.0 Å². The number of unbranched alkanes of at least 4 members (excludes halogenated alkanes) is 40. The lowest BCUT2D eigenvalue weighted by Crippen LogP contribution is -2.45. The first-order valence-corrected chi connectivity index (χ1v) is 32.4. The van der Waals surface area contributed by atoms with E-state index in [4.69, 9.17) is 9.05 Å². The fourth-order valence-corrected chi connectivity index (χ4v) is 9.97. The third-order valence-electron chi connectivity index (χ3n) is 14.1. The number of phosphoric acid groups is 1. The minimum atomic E-state index is -4.36. The van der Waals surface area contributed by atoms with Crippen molar-refractivity contribution in [1.29, 1.82) is 0 Å². The zero-order valence-corrected chi connectivity index (χ0v) is 48.9. The summed E-state index contributed by atoms with van der Waals surface area (Å²) in [5.74, 6) is -0.183. The molecule has 0 aliphatic carbocycles. The van der Waals surface area contributed by atoms with Gasteiger partial charge in [-0.2, -0.15) is 0 Å². The van der Waals surface area contributed by atoms with Crippen LogP contribution in [0.3, 0.4) is 0 Å². The van der Waals surface area contributed by atoms with Crippen molar-refractivity contribution >= 4 is 13.7 Å². The molecule has 0 heterocycles. The first-order valence-electron chi connectivity index (χ1n) is 30.9. The number of amides is 1. The second-order valence-electron chi connectivity index (χ2n) is 22.4. The smallest absolute Gasteiger partial charge is 0.387 e. The van der Waals surface area contributed by atoms with Crippen molar-refractivity contribution in [3.63, 3.8) is 0 Å². The average molecular weight is 1020 g/mol. The lowest BCUT2D eigenvalue weighted by atomic mass is 10.0. The third-order valence-corrected chi connectivity index (χ3v) is 15.1. The van der Waals surface area contributed by atoms with Crippen LogP contribution in [0.5, 0.6) is 0 Å². The van der Waals surface area contributed by atoms with Crippen LogP contribution in [0.2, 0.25) is 0 Å². The Bertz CT molecular complexity index is 1250. The van der Waals surface area contributed by atoms with E-state index in [9.17, 15) is 19.4 Å². The molecule has 0 aliphatic rings. The van der Waals surface area contributed by atoms with Gasteiger partial charge >= 0.3 is 7.82 Å². The second kappa shape index (κ2) is 53.5. The first-order chi connectivity index (χ1) is 34.5. The number of phosphoric ester groups is 1. The number of nitrogens with zero attached hydrogens (tertiary/aromatic N) is 1. The Morgan fingerprint density at radius 3 is 1.13 bits per heavy atom. The van der Waals surface area contributed by atoms with Gasteiger partial charge < -0.3 is 19.8 Å². The maximum Gasteiger partial charge on any atom is 0.472 e. The van der Waals surface area contributed by atoms with Gasteiger partial charge in [0.1, 0.15) is 13.2 Å². The number of allylic oxidation sites excluding steroid dienone is 5. The monoisotopic (exact) mass is 1020 g/mol. The van der Waals surface area contributed by atoms with Crippen LogP contribution in [-0.2, 0) is 18.4 Å². The molecule has 0 fully saturated rings. The molecule has 8 nitrogen and oxygen atoms in total. The van der Waals surface area contributed by atoms with Crippen molar-refractivity contribution in [1.82, 2.24) is 5.32 Å². The molecule has 0 aliphatic heterocycles. The van der Waals surface area contributed by atoms with E-state index in [0.717, 1.165) is 38.5 Å². The van der Waals surface area contributed by atoms with Gasteiger partial charge in [-0.1, -0.05) is 275 Å². The topological polar surface area (TPSA) is 105 Å². The molecular formula is C62H122N2O6P+. The number of aliphatic hydroxyl groups excluding tert-OH is 1. The van der Waals surface area contributed by atoms with Crippen LogP contribution in [-0.4, -0.2) is 73.4 Å². The highest BCUT2D eigenvalue weighted by atomic mass is 31.2. The molecule has 3 atom stereocenters. The van der Waals surface area contributed by atoms with Gasteiger partial charge in [-0.15, -0.1) is 0 Å². The van der Waals surface area contributed by atoms with Crippen LogP contribution >= 0.6 is 7.82 Å². The molecule has 0 aromatic carbocycles. The molecule has 1 amide bonds. The molecule has 0 spiro atoms. The van der Waals surface area contributed by atoms with Crippen molar-refractivity contribution in [2.45, 2.75) is 315 Å². The number of hydrogen-bond acceptors (Lipinski definition) is 5. The molecule has 71 heavy (non-hydrogen) atoms. The van der Waals surface area contributed by atoms with Crippen LogP contribution in [0.25, 0.3) is 0 Å². The van der Waals surface area contributed by atoms with E-state index in [2.05, 4.69) is 43.5 Å². The Balaban J connectivity index is 4.15. The summed E-state index contributed by atoms with van der Waals surface area (Å²) in [5.41, 5.74) is 0. The highest BCUT2D eigenvalue weighted by molar-refractivity contribution is 7.47. The van der Waals surface area contributed by atoms with Crippen molar-refractivity contribution in [2.24, 2.45) is 0 Å². The highest BCUT2D eigenvalue weighted by Gasteiger charge is 2.27. The summed E-state index contributed by atoms with van der Waals surface area (Å²) in [7, 11) is 1.56. The van der Waals surface area contributed by atoms with E-state index >= 15 is 0 Å². The number of aliphatic hydroxyl groups is 1. The quantitative estimate of drug-likeness (QED) is 0.0243. The van der Waals surface area contributed by atoms with Crippen LogP contribution in [0.4, 0.5) is 0 Å². The summed E-state index contributed by atoms with van der Waals surface area (Å²) in [6, 6.07) is -0.863. The fourth-order valence-electron chi connectivity index (χ4n) is 9.23. The summed E-state index contributed by atoms with van der Waals surface area (Å²) in [6.07, 6.45) is 69.8. The van der Waals surface area contributed by atoms with Gasteiger partial charge in [0.2, 0.25) is 5.91 Å². The summed E-state index contributed by atoms with van der Waals surface area (Å²) in [4.78, 5) is 23.3. The van der Waals surface area contributed by atoms with Crippen molar-refractivity contribution in [2.75, 3.05) is 40.9 Å². The zero-order chi connectivity index (χ0) is 52.0. The van der Waals surface area contributed by atoms with Crippen molar-refractivity contribution in [3.8, 4) is 0 Å². The maximum absolute atomic E-state index is 13.0. The number of nitrogens with one attached hydrogen (secondary N) is 1. The summed E-state index contributed by atoms with van der Waals surface area (Å²) in [6.45, 7) is 4.84. The molecule has 0 saturated carbocycles. The van der Waals surface area contributed by atoms with Gasteiger partial charge in [-0.25, -0.2) is 4.57 Å². The number of rotatable bonds is 57. The summed E-state index contributed by atoms with van der Waals surface area (Å²) < 4.78 is 23.7. The number of likely N-dealkylation sites (N-methyl/N-ethyl adjacent to an activating group) is 1. The molecule has 3 N–H and O–H groups in total. The molecule has 0 saturated heterocycles. The van der Waals surface area contributed by atoms with Crippen LogP contribution in [0, 0.1) is 0 Å². The number of carbonyl (C=O) groups excluding carboxylic acids is 1. The number of quaternary nitrogens is 1. The molecule has 0 aromatic heterocycles. The molecule has 3 unspecified atom stereocenters. The predicted octanol–water partition coefficient (Wildman–Crippen LogP) is 18.9. The molecule has 9 heteroatoms. The van der Waals surface area contributed by atoms with Gasteiger partial charge in [0.15, 0.2) is 0 Å². The van der Waals surface area contributed by atoms with Crippen LogP contribution in [0.1, 0.15) is 303 Å². The van der Waals surface area contributed by atoms with E-state index in [1.807, 2.05) is 27.2 Å². The van der Waals surface area contributed by atoms with Crippen molar-refractivity contribution in [3.05, 3.63) is 36.5 Å². The Morgan fingerprint density at radius 2 is 0.775 bits per heavy atom. The molecule has 0 bridgehead atoms. The first kappa shape index (κ1) is 69.7. The van der Waals surface area contributed by atoms with Crippen LogP contribution in [0.15, 0.2) is 36.5 Å². The van der Waals surface area contributed by atoms with Gasteiger partial charge in [0.05, 0.1) is 39.9 Å². The van der Waals surface area contributed by atoms with Gasteiger partial charge in [-0.3, -0.25) is 13.8 Å². The normalized spacial score (nSPS) is 14.1. The second-order valence-corrected chi connectivity index (χ2v) is 23.9. The molecule has 0 radical (unpaired) electrons. The summed E-state index contributed by atoms with van der Waals surface area (Å²) in [5, 5.41) is 13.9. The SMILES string of the molecule is CCCCCCCCCCCCCC/C=C\CCCCCCCCCCCCCCCC(=O)NC(COP(=O)(O)OCC[N+](C)(C)C)C(O)/C=C/CC/C=C/CCCCCCCCCCCCCCCC. The zero-order valence-electron chi connectivity index (χ0n) is 48.0. The molecule has 420 valence electrons. The van der Waals surface area contributed by atoms with E-state index in [1.54, 1.807) is 6.08 Å². The maximum atomic E-state index is 13.0. The van der Waals surface area contributed by atoms with E-state index in [1.165, 1.54) is 244 Å². The Kier molecular flexibility index (Phi) is 52.6. The molecule has 0 rings (SSSR count). The van der Waals surface area contributed by atoms with Crippen LogP contribution < -0.4 is 5.32 Å². The van der Waals surface area contributed by atoms with E-state index in [0.29, 0.717) is 17.4 Å². The third kappa shape index (κ3) is 56.3. The standard InChI is InChI=1S/C62H121N2O6P/c1-6-8-10-12-14-16-18-20-22-24-26-28-29-30-31-32-33-34-35-36-38-40-42-44-46-48-50-52-54-56-62(66)63-60(59-70-71(67,68)69-58-57-64(3,4)5)61(65)55-53-51-49-47-45-43-41-39-37-27-25-23-21-19-17-15-13-11-9-7-2/h30-31,45,47,53,55,60-61,65H,6-29,32-44,46,48-52,54,56-59H2,1-5H3,(H-,63,66,67,68)/p+1/b31-30-,47-45+,55-53+.